The molecule has 1 heterocycles. The Morgan fingerprint density at radius 2 is 2.25 bits per heavy atom. The summed E-state index contributed by atoms with van der Waals surface area (Å²) in [5.74, 6) is -0.520. The molecule has 1 unspecified atom stereocenters. The number of benzene rings is 1. The van der Waals surface area contributed by atoms with Gasteiger partial charge in [-0.15, -0.1) is 0 Å². The van der Waals surface area contributed by atoms with Gasteiger partial charge >= 0.3 is 0 Å². The second kappa shape index (κ2) is 5.59. The summed E-state index contributed by atoms with van der Waals surface area (Å²) in [7, 11) is -3.12. The summed E-state index contributed by atoms with van der Waals surface area (Å²) in [6.45, 7) is 0. The first-order chi connectivity index (χ1) is 9.35. The smallest absolute Gasteiger partial charge is 0.241 e. The zero-order chi connectivity index (χ0) is 14.8. The topological polar surface area (TPSA) is 118 Å². The largest absolute Gasteiger partial charge is 0.325 e. The SMILES string of the molecule is CS(=O)(=O)CCC(N)C(=O)Nc1ccc2cn[nH]c2c1. The monoisotopic (exact) mass is 296 g/mol. The van der Waals surface area contributed by atoms with Gasteiger partial charge in [0.15, 0.2) is 0 Å². The molecule has 0 saturated heterocycles. The summed E-state index contributed by atoms with van der Waals surface area (Å²) in [6.07, 6.45) is 2.89. The number of fused-ring (bicyclic) bond motifs is 1. The first kappa shape index (κ1) is 14.5. The molecular formula is C12H16N4O3S. The Morgan fingerprint density at radius 1 is 1.50 bits per heavy atom. The van der Waals surface area contributed by atoms with Crippen LogP contribution in [0.3, 0.4) is 0 Å². The molecule has 1 aromatic carbocycles. The standard InChI is InChI=1S/C12H16N4O3S/c1-20(18,19)5-4-10(13)12(17)15-9-3-2-8-7-14-16-11(8)6-9/h2-3,6-7,10H,4-5,13H2,1H3,(H,14,16)(H,15,17). The van der Waals surface area contributed by atoms with E-state index >= 15 is 0 Å². The van der Waals surface area contributed by atoms with E-state index in [9.17, 15) is 13.2 Å². The number of amides is 1. The second-order valence-corrected chi connectivity index (χ2v) is 6.95. The van der Waals surface area contributed by atoms with Gasteiger partial charge in [-0.1, -0.05) is 0 Å². The molecule has 2 aromatic rings. The first-order valence-electron chi connectivity index (χ1n) is 6.02. The van der Waals surface area contributed by atoms with Gasteiger partial charge < -0.3 is 11.1 Å². The number of sulfone groups is 1. The number of nitrogens with two attached hydrogens (primary N) is 1. The quantitative estimate of drug-likeness (QED) is 0.731. The average Bonchev–Trinajstić information content (AvgIpc) is 2.82. The summed E-state index contributed by atoms with van der Waals surface area (Å²) in [5, 5.41) is 10.3. The highest BCUT2D eigenvalue weighted by Crippen LogP contribution is 2.16. The van der Waals surface area contributed by atoms with E-state index in [1.807, 2.05) is 6.07 Å². The lowest BCUT2D eigenvalue weighted by Gasteiger charge is -2.11. The average molecular weight is 296 g/mol. The molecule has 0 aliphatic heterocycles. The fraction of sp³-hybridized carbons (Fsp3) is 0.333. The van der Waals surface area contributed by atoms with E-state index in [0.29, 0.717) is 5.69 Å². The van der Waals surface area contributed by atoms with Crippen LogP contribution in [0.25, 0.3) is 10.9 Å². The van der Waals surface area contributed by atoms with Gasteiger partial charge in [-0.25, -0.2) is 8.42 Å². The van der Waals surface area contributed by atoms with Crippen LogP contribution in [0.1, 0.15) is 6.42 Å². The van der Waals surface area contributed by atoms with E-state index in [2.05, 4.69) is 15.5 Å². The molecule has 2 rings (SSSR count). The van der Waals surface area contributed by atoms with Crippen molar-refractivity contribution < 1.29 is 13.2 Å². The maximum atomic E-state index is 11.8. The van der Waals surface area contributed by atoms with Crippen LogP contribution in [0.2, 0.25) is 0 Å². The minimum absolute atomic E-state index is 0.0942. The van der Waals surface area contributed by atoms with Crippen molar-refractivity contribution >= 4 is 32.3 Å². The minimum atomic E-state index is -3.12. The highest BCUT2D eigenvalue weighted by atomic mass is 32.2. The van der Waals surface area contributed by atoms with Crippen molar-refractivity contribution in [1.29, 1.82) is 0 Å². The van der Waals surface area contributed by atoms with Crippen LogP contribution in [-0.2, 0) is 14.6 Å². The highest BCUT2D eigenvalue weighted by molar-refractivity contribution is 7.90. The molecule has 4 N–H and O–H groups in total. The van der Waals surface area contributed by atoms with E-state index in [4.69, 9.17) is 5.73 Å². The van der Waals surface area contributed by atoms with Gasteiger partial charge in [-0.3, -0.25) is 9.89 Å². The predicted octanol–water partition coefficient (Wildman–Crippen LogP) is 0.263. The number of rotatable bonds is 5. The van der Waals surface area contributed by atoms with Gasteiger partial charge in [-0.2, -0.15) is 5.10 Å². The van der Waals surface area contributed by atoms with Gasteiger partial charge in [0.2, 0.25) is 5.91 Å². The molecule has 0 bridgehead atoms. The zero-order valence-electron chi connectivity index (χ0n) is 11.0. The lowest BCUT2D eigenvalue weighted by molar-refractivity contribution is -0.117. The van der Waals surface area contributed by atoms with E-state index in [-0.39, 0.29) is 12.2 Å². The van der Waals surface area contributed by atoms with Gasteiger partial charge in [-0.05, 0) is 24.6 Å². The van der Waals surface area contributed by atoms with Gasteiger partial charge in [0.1, 0.15) is 9.84 Å². The number of H-pyrrole nitrogens is 1. The molecule has 8 heteroatoms. The van der Waals surface area contributed by atoms with E-state index < -0.39 is 21.8 Å². The summed E-state index contributed by atoms with van der Waals surface area (Å²) in [5.41, 5.74) is 7.05. The van der Waals surface area contributed by atoms with E-state index in [1.165, 1.54) is 0 Å². The maximum Gasteiger partial charge on any atom is 0.241 e. The summed E-state index contributed by atoms with van der Waals surface area (Å²) in [4.78, 5) is 11.8. The molecule has 1 aromatic heterocycles. The number of aromatic nitrogens is 2. The normalized spacial score (nSPS) is 13.3. The van der Waals surface area contributed by atoms with Crippen LogP contribution in [0.5, 0.6) is 0 Å². The molecular weight excluding hydrogens is 280 g/mol. The van der Waals surface area contributed by atoms with Crippen molar-refractivity contribution in [1.82, 2.24) is 10.2 Å². The number of aromatic amines is 1. The van der Waals surface area contributed by atoms with E-state index in [0.717, 1.165) is 17.2 Å². The van der Waals surface area contributed by atoms with E-state index in [1.54, 1.807) is 18.3 Å². The number of anilines is 1. The lowest BCUT2D eigenvalue weighted by Crippen LogP contribution is -2.37. The van der Waals surface area contributed by atoms with Crippen molar-refractivity contribution in [3.63, 3.8) is 0 Å². The molecule has 0 aliphatic rings. The van der Waals surface area contributed by atoms with Crippen molar-refractivity contribution in [2.24, 2.45) is 5.73 Å². The van der Waals surface area contributed by atoms with Crippen molar-refractivity contribution in [3.8, 4) is 0 Å². The molecule has 1 amide bonds. The van der Waals surface area contributed by atoms with Crippen LogP contribution in [0.4, 0.5) is 5.69 Å². The number of nitrogens with one attached hydrogen (secondary N) is 2. The number of carbonyl (C=O) groups is 1. The second-order valence-electron chi connectivity index (χ2n) is 4.69. The third kappa shape index (κ3) is 3.78. The van der Waals surface area contributed by atoms with Crippen molar-refractivity contribution in [2.75, 3.05) is 17.3 Å². The van der Waals surface area contributed by atoms with Crippen molar-refractivity contribution in [3.05, 3.63) is 24.4 Å². The Kier molecular flexibility index (Phi) is 4.05. The molecule has 0 aliphatic carbocycles. The zero-order valence-corrected chi connectivity index (χ0v) is 11.8. The lowest BCUT2D eigenvalue weighted by atomic mass is 10.2. The Bertz CT molecular complexity index is 723. The third-order valence-electron chi connectivity index (χ3n) is 2.85. The first-order valence-corrected chi connectivity index (χ1v) is 8.08. The number of nitrogens with zero attached hydrogens (tertiary/aromatic N) is 1. The molecule has 20 heavy (non-hydrogen) atoms. The Morgan fingerprint density at radius 3 is 2.95 bits per heavy atom. The van der Waals surface area contributed by atoms with Crippen LogP contribution < -0.4 is 11.1 Å². The van der Waals surface area contributed by atoms with Gasteiger partial charge in [0.05, 0.1) is 23.5 Å². The molecule has 0 radical (unpaired) electrons. The summed E-state index contributed by atoms with van der Waals surface area (Å²) < 4.78 is 22.1. The fourth-order valence-corrected chi connectivity index (χ4v) is 2.40. The summed E-state index contributed by atoms with van der Waals surface area (Å²) in [6, 6.07) is 4.43. The maximum absolute atomic E-state index is 11.8. The molecule has 1 atom stereocenters. The molecule has 0 saturated carbocycles. The summed E-state index contributed by atoms with van der Waals surface area (Å²) >= 11 is 0. The highest BCUT2D eigenvalue weighted by Gasteiger charge is 2.16. The molecule has 0 spiro atoms. The molecule has 7 nitrogen and oxygen atoms in total. The Labute approximate surface area is 116 Å². The van der Waals surface area contributed by atoms with Crippen molar-refractivity contribution in [2.45, 2.75) is 12.5 Å². The Hall–Kier alpha value is -1.93. The number of hydrogen-bond donors (Lipinski definition) is 3. The van der Waals surface area contributed by atoms with Crippen LogP contribution in [-0.4, -0.2) is 42.6 Å². The van der Waals surface area contributed by atoms with Crippen LogP contribution in [0.15, 0.2) is 24.4 Å². The van der Waals surface area contributed by atoms with Crippen LogP contribution >= 0.6 is 0 Å². The number of hydrogen-bond acceptors (Lipinski definition) is 5. The van der Waals surface area contributed by atoms with Gasteiger partial charge in [0, 0.05) is 17.3 Å². The fourth-order valence-electron chi connectivity index (χ4n) is 1.72. The molecule has 108 valence electrons. The van der Waals surface area contributed by atoms with Crippen LogP contribution in [0, 0.1) is 0 Å². The predicted molar refractivity (Wildman–Crippen MR) is 77.0 cm³/mol. The molecule has 0 fully saturated rings. The Balaban J connectivity index is 1.99. The number of carbonyl (C=O) groups excluding carboxylic acids is 1. The van der Waals surface area contributed by atoms with Gasteiger partial charge in [0.25, 0.3) is 0 Å². The third-order valence-corrected chi connectivity index (χ3v) is 3.82. The minimum Gasteiger partial charge on any atom is -0.325 e.